The SMILES string of the molecule is COc1ccc(CC(=O)n2ccnc2)cc1OC. The highest BCUT2D eigenvalue weighted by Crippen LogP contribution is 2.27. The van der Waals surface area contributed by atoms with Gasteiger partial charge < -0.3 is 9.47 Å². The van der Waals surface area contributed by atoms with Crippen molar-refractivity contribution >= 4 is 5.91 Å². The van der Waals surface area contributed by atoms with Crippen molar-refractivity contribution in [2.45, 2.75) is 6.42 Å². The lowest BCUT2D eigenvalue weighted by Crippen LogP contribution is -2.11. The second-order valence-electron chi connectivity index (χ2n) is 3.73. The summed E-state index contributed by atoms with van der Waals surface area (Å²) >= 11 is 0. The summed E-state index contributed by atoms with van der Waals surface area (Å²) in [6, 6.07) is 5.43. The number of carbonyl (C=O) groups excluding carboxylic acids is 1. The zero-order valence-corrected chi connectivity index (χ0v) is 10.3. The van der Waals surface area contributed by atoms with E-state index in [4.69, 9.17) is 9.47 Å². The molecule has 0 aliphatic heterocycles. The number of methoxy groups -OCH3 is 2. The fraction of sp³-hybridized carbons (Fsp3) is 0.231. The van der Waals surface area contributed by atoms with E-state index in [0.717, 1.165) is 5.56 Å². The molecule has 2 aromatic rings. The maximum absolute atomic E-state index is 11.9. The van der Waals surface area contributed by atoms with Crippen molar-refractivity contribution in [3.05, 3.63) is 42.5 Å². The van der Waals surface area contributed by atoms with Crippen LogP contribution >= 0.6 is 0 Å². The highest BCUT2D eigenvalue weighted by atomic mass is 16.5. The highest BCUT2D eigenvalue weighted by Gasteiger charge is 2.09. The van der Waals surface area contributed by atoms with Gasteiger partial charge in [0.15, 0.2) is 11.5 Å². The molecule has 0 radical (unpaired) electrons. The van der Waals surface area contributed by atoms with Crippen LogP contribution in [0.25, 0.3) is 0 Å². The van der Waals surface area contributed by atoms with Crippen LogP contribution in [0.2, 0.25) is 0 Å². The van der Waals surface area contributed by atoms with Crippen LogP contribution in [-0.4, -0.2) is 29.7 Å². The maximum Gasteiger partial charge on any atom is 0.236 e. The molecule has 18 heavy (non-hydrogen) atoms. The summed E-state index contributed by atoms with van der Waals surface area (Å²) in [6.07, 6.45) is 4.98. The minimum Gasteiger partial charge on any atom is -0.493 e. The standard InChI is InChI=1S/C13H14N2O3/c1-17-11-4-3-10(7-12(11)18-2)8-13(16)15-6-5-14-9-15/h3-7,9H,8H2,1-2H3. The second kappa shape index (κ2) is 5.35. The van der Waals surface area contributed by atoms with Crippen LogP contribution < -0.4 is 9.47 Å². The van der Waals surface area contributed by atoms with Crippen molar-refractivity contribution in [2.75, 3.05) is 14.2 Å². The number of hydrogen-bond acceptors (Lipinski definition) is 4. The molecule has 0 aliphatic rings. The van der Waals surface area contributed by atoms with Gasteiger partial charge in [-0.15, -0.1) is 0 Å². The molecule has 94 valence electrons. The number of hydrogen-bond donors (Lipinski definition) is 0. The number of benzene rings is 1. The fourth-order valence-corrected chi connectivity index (χ4v) is 1.66. The summed E-state index contributed by atoms with van der Waals surface area (Å²) in [6.45, 7) is 0. The Bertz CT molecular complexity index is 535. The average molecular weight is 246 g/mol. The number of rotatable bonds is 4. The van der Waals surface area contributed by atoms with E-state index < -0.39 is 0 Å². The van der Waals surface area contributed by atoms with E-state index in [2.05, 4.69) is 4.98 Å². The van der Waals surface area contributed by atoms with Gasteiger partial charge in [-0.3, -0.25) is 9.36 Å². The summed E-state index contributed by atoms with van der Waals surface area (Å²) in [4.78, 5) is 15.7. The lowest BCUT2D eigenvalue weighted by atomic mass is 10.1. The number of carbonyl (C=O) groups is 1. The van der Waals surface area contributed by atoms with Crippen molar-refractivity contribution in [1.29, 1.82) is 0 Å². The van der Waals surface area contributed by atoms with Gasteiger partial charge >= 0.3 is 0 Å². The molecule has 0 aliphatic carbocycles. The van der Waals surface area contributed by atoms with Crippen LogP contribution in [-0.2, 0) is 6.42 Å². The van der Waals surface area contributed by atoms with Crippen molar-refractivity contribution in [2.24, 2.45) is 0 Å². The smallest absolute Gasteiger partial charge is 0.236 e. The van der Waals surface area contributed by atoms with Crippen molar-refractivity contribution in [3.8, 4) is 11.5 Å². The molecular formula is C13H14N2O3. The van der Waals surface area contributed by atoms with Crippen LogP contribution in [0.1, 0.15) is 10.4 Å². The summed E-state index contributed by atoms with van der Waals surface area (Å²) in [7, 11) is 3.15. The molecule has 0 saturated carbocycles. The molecule has 5 nitrogen and oxygen atoms in total. The number of aromatic nitrogens is 2. The van der Waals surface area contributed by atoms with Gasteiger partial charge in [-0.05, 0) is 17.7 Å². The first-order chi connectivity index (χ1) is 8.74. The zero-order chi connectivity index (χ0) is 13.0. The zero-order valence-electron chi connectivity index (χ0n) is 10.3. The second-order valence-corrected chi connectivity index (χ2v) is 3.73. The van der Waals surface area contributed by atoms with E-state index in [0.29, 0.717) is 11.5 Å². The van der Waals surface area contributed by atoms with Crippen molar-refractivity contribution < 1.29 is 14.3 Å². The largest absolute Gasteiger partial charge is 0.493 e. The Hall–Kier alpha value is -2.30. The Kier molecular flexibility index (Phi) is 3.62. The predicted molar refractivity (Wildman–Crippen MR) is 66.1 cm³/mol. The molecule has 0 unspecified atom stereocenters. The molecule has 1 heterocycles. The highest BCUT2D eigenvalue weighted by molar-refractivity contribution is 5.81. The third kappa shape index (κ3) is 2.51. The Balaban J connectivity index is 2.17. The third-order valence-corrected chi connectivity index (χ3v) is 2.60. The van der Waals surface area contributed by atoms with E-state index in [1.54, 1.807) is 38.7 Å². The lowest BCUT2D eigenvalue weighted by molar-refractivity contribution is 0.0914. The Morgan fingerprint density at radius 2 is 2.06 bits per heavy atom. The first-order valence-electron chi connectivity index (χ1n) is 5.46. The van der Waals surface area contributed by atoms with E-state index in [1.165, 1.54) is 10.9 Å². The molecule has 2 rings (SSSR count). The topological polar surface area (TPSA) is 53.4 Å². The molecule has 5 heteroatoms. The van der Waals surface area contributed by atoms with Crippen molar-refractivity contribution in [3.63, 3.8) is 0 Å². The predicted octanol–water partition coefficient (Wildman–Crippen LogP) is 1.78. The van der Waals surface area contributed by atoms with Crippen LogP contribution in [0.3, 0.4) is 0 Å². The van der Waals surface area contributed by atoms with Crippen LogP contribution in [0, 0.1) is 0 Å². The summed E-state index contributed by atoms with van der Waals surface area (Å²) in [5.74, 6) is 1.23. The summed E-state index contributed by atoms with van der Waals surface area (Å²) in [5, 5.41) is 0. The molecule has 0 saturated heterocycles. The Morgan fingerprint density at radius 3 is 2.67 bits per heavy atom. The minimum absolute atomic E-state index is 0.0419. The van der Waals surface area contributed by atoms with Gasteiger partial charge in [0.1, 0.15) is 6.33 Å². The Labute approximate surface area is 105 Å². The molecule has 1 aromatic heterocycles. The summed E-state index contributed by atoms with van der Waals surface area (Å²) < 4.78 is 11.8. The van der Waals surface area contributed by atoms with Crippen LogP contribution in [0.15, 0.2) is 36.9 Å². The fourth-order valence-electron chi connectivity index (χ4n) is 1.66. The van der Waals surface area contributed by atoms with Gasteiger partial charge in [0, 0.05) is 12.4 Å². The summed E-state index contributed by atoms with van der Waals surface area (Å²) in [5.41, 5.74) is 0.867. The normalized spacial score (nSPS) is 10.1. The number of nitrogens with zero attached hydrogens (tertiary/aromatic N) is 2. The number of ether oxygens (including phenoxy) is 2. The van der Waals surface area contributed by atoms with Gasteiger partial charge in [0.05, 0.1) is 20.6 Å². The van der Waals surface area contributed by atoms with E-state index >= 15 is 0 Å². The monoisotopic (exact) mass is 246 g/mol. The van der Waals surface area contributed by atoms with Gasteiger partial charge in [-0.2, -0.15) is 0 Å². The molecule has 0 atom stereocenters. The first-order valence-corrected chi connectivity index (χ1v) is 5.46. The molecule has 0 fully saturated rings. The van der Waals surface area contributed by atoms with Crippen molar-refractivity contribution in [1.82, 2.24) is 9.55 Å². The number of imidazole rings is 1. The first kappa shape index (κ1) is 12.2. The molecule has 1 aromatic carbocycles. The maximum atomic E-state index is 11.9. The molecular weight excluding hydrogens is 232 g/mol. The third-order valence-electron chi connectivity index (χ3n) is 2.60. The van der Waals surface area contributed by atoms with E-state index in [9.17, 15) is 4.79 Å². The minimum atomic E-state index is -0.0419. The van der Waals surface area contributed by atoms with E-state index in [-0.39, 0.29) is 12.3 Å². The van der Waals surface area contributed by atoms with Gasteiger partial charge in [-0.25, -0.2) is 4.98 Å². The van der Waals surface area contributed by atoms with Gasteiger partial charge in [-0.1, -0.05) is 6.07 Å². The molecule has 0 spiro atoms. The van der Waals surface area contributed by atoms with Crippen LogP contribution in [0.4, 0.5) is 0 Å². The van der Waals surface area contributed by atoms with Gasteiger partial charge in [0.2, 0.25) is 5.91 Å². The molecule has 0 N–H and O–H groups in total. The van der Waals surface area contributed by atoms with E-state index in [1.807, 2.05) is 6.07 Å². The molecule has 0 amide bonds. The lowest BCUT2D eigenvalue weighted by Gasteiger charge is -2.09. The van der Waals surface area contributed by atoms with Crippen LogP contribution in [0.5, 0.6) is 11.5 Å². The molecule has 0 bridgehead atoms. The average Bonchev–Trinajstić information content (AvgIpc) is 2.92. The Morgan fingerprint density at radius 1 is 1.28 bits per heavy atom. The quantitative estimate of drug-likeness (QED) is 0.825. The van der Waals surface area contributed by atoms with Gasteiger partial charge in [0.25, 0.3) is 0 Å².